The molecule has 0 radical (unpaired) electrons. The Balaban J connectivity index is 0.000000845. The maximum atomic E-state index is 12.6. The van der Waals surface area contributed by atoms with Gasteiger partial charge in [0.2, 0.25) is 5.95 Å². The highest BCUT2D eigenvalue weighted by molar-refractivity contribution is 6.33. The minimum Gasteiger partial charge on any atom is -0.235 e. The van der Waals surface area contributed by atoms with E-state index >= 15 is 0 Å². The standard InChI is InChI=1S/C7H3ClFN3.ClH/c8-7-4-1-6(9)10-2-5(4)11-3-12-7;/h1-3H;1H. The van der Waals surface area contributed by atoms with Crippen LogP contribution in [0.4, 0.5) is 4.39 Å². The summed E-state index contributed by atoms with van der Waals surface area (Å²) in [5.74, 6) is -0.584. The third-order valence-electron chi connectivity index (χ3n) is 1.44. The molecule has 2 aromatic rings. The van der Waals surface area contributed by atoms with Crippen molar-refractivity contribution in [3.63, 3.8) is 0 Å². The Bertz CT molecular complexity index is 435. The summed E-state index contributed by atoms with van der Waals surface area (Å²) in [6.45, 7) is 0. The molecular formula is C7H4Cl2FN3. The average molecular weight is 220 g/mol. The maximum absolute atomic E-state index is 12.6. The largest absolute Gasteiger partial charge is 0.235 e. The fourth-order valence-corrected chi connectivity index (χ4v) is 1.10. The van der Waals surface area contributed by atoms with Crippen molar-refractivity contribution in [3.05, 3.63) is 29.7 Å². The lowest BCUT2D eigenvalue weighted by Gasteiger charge is -1.96. The van der Waals surface area contributed by atoms with Crippen molar-refractivity contribution in [3.8, 4) is 0 Å². The molecule has 6 heteroatoms. The molecule has 0 saturated heterocycles. The van der Waals surface area contributed by atoms with Crippen LogP contribution in [0.1, 0.15) is 0 Å². The Morgan fingerprint density at radius 3 is 2.77 bits per heavy atom. The number of rotatable bonds is 0. The Labute approximate surface area is 84.4 Å². The van der Waals surface area contributed by atoms with Gasteiger partial charge in [-0.2, -0.15) is 4.39 Å². The van der Waals surface area contributed by atoms with Gasteiger partial charge in [0.15, 0.2) is 0 Å². The van der Waals surface area contributed by atoms with Gasteiger partial charge in [0, 0.05) is 11.5 Å². The van der Waals surface area contributed by atoms with Crippen LogP contribution in [0.3, 0.4) is 0 Å². The molecule has 0 aliphatic rings. The smallest absolute Gasteiger partial charge is 0.213 e. The maximum Gasteiger partial charge on any atom is 0.213 e. The monoisotopic (exact) mass is 219 g/mol. The Hall–Kier alpha value is -1.00. The summed E-state index contributed by atoms with van der Waals surface area (Å²) in [6.07, 6.45) is 2.63. The van der Waals surface area contributed by atoms with E-state index in [-0.39, 0.29) is 17.6 Å². The first-order valence-corrected chi connectivity index (χ1v) is 3.57. The van der Waals surface area contributed by atoms with Gasteiger partial charge < -0.3 is 0 Å². The first-order valence-electron chi connectivity index (χ1n) is 3.19. The van der Waals surface area contributed by atoms with Crippen LogP contribution in [0, 0.1) is 5.95 Å². The number of fused-ring (bicyclic) bond motifs is 1. The van der Waals surface area contributed by atoms with Crippen LogP contribution in [0.5, 0.6) is 0 Å². The quantitative estimate of drug-likeness (QED) is 0.504. The molecule has 2 heterocycles. The normalized spacial score (nSPS) is 9.69. The topological polar surface area (TPSA) is 38.7 Å². The summed E-state index contributed by atoms with van der Waals surface area (Å²) in [5.41, 5.74) is 0.538. The van der Waals surface area contributed by atoms with Crippen molar-refractivity contribution < 1.29 is 4.39 Å². The van der Waals surface area contributed by atoms with E-state index < -0.39 is 5.95 Å². The van der Waals surface area contributed by atoms with Gasteiger partial charge in [0.1, 0.15) is 11.5 Å². The van der Waals surface area contributed by atoms with E-state index in [9.17, 15) is 4.39 Å². The second kappa shape index (κ2) is 3.81. The highest BCUT2D eigenvalue weighted by Gasteiger charge is 2.02. The van der Waals surface area contributed by atoms with Gasteiger partial charge >= 0.3 is 0 Å². The van der Waals surface area contributed by atoms with Crippen molar-refractivity contribution in [2.75, 3.05) is 0 Å². The van der Waals surface area contributed by atoms with Crippen molar-refractivity contribution in [2.45, 2.75) is 0 Å². The third kappa shape index (κ3) is 1.84. The molecule has 0 amide bonds. The van der Waals surface area contributed by atoms with Gasteiger partial charge in [0.05, 0.1) is 11.7 Å². The van der Waals surface area contributed by atoms with Crippen LogP contribution >= 0.6 is 24.0 Å². The molecule has 0 atom stereocenters. The van der Waals surface area contributed by atoms with E-state index in [1.165, 1.54) is 18.6 Å². The van der Waals surface area contributed by atoms with Crippen LogP contribution in [0.25, 0.3) is 10.9 Å². The van der Waals surface area contributed by atoms with Gasteiger partial charge in [-0.3, -0.25) is 0 Å². The Morgan fingerprint density at radius 2 is 2.00 bits per heavy atom. The lowest BCUT2D eigenvalue weighted by atomic mass is 10.3. The van der Waals surface area contributed by atoms with Crippen LogP contribution in [0.2, 0.25) is 5.15 Å². The van der Waals surface area contributed by atoms with E-state index in [1.54, 1.807) is 0 Å². The number of aromatic nitrogens is 3. The molecule has 0 aliphatic heterocycles. The van der Waals surface area contributed by atoms with E-state index in [4.69, 9.17) is 11.6 Å². The second-order valence-corrected chi connectivity index (χ2v) is 2.55. The molecule has 0 aromatic carbocycles. The summed E-state index contributed by atoms with van der Waals surface area (Å²) in [6, 6.07) is 1.21. The van der Waals surface area contributed by atoms with Crippen molar-refractivity contribution in [1.82, 2.24) is 15.0 Å². The zero-order valence-corrected chi connectivity index (χ0v) is 7.81. The van der Waals surface area contributed by atoms with Crippen LogP contribution in [0.15, 0.2) is 18.6 Å². The summed E-state index contributed by atoms with van der Waals surface area (Å²) < 4.78 is 12.6. The molecule has 0 saturated carbocycles. The van der Waals surface area contributed by atoms with Crippen molar-refractivity contribution >= 4 is 34.9 Å². The van der Waals surface area contributed by atoms with Gasteiger partial charge in [-0.05, 0) is 0 Å². The fourth-order valence-electron chi connectivity index (χ4n) is 0.902. The first-order chi connectivity index (χ1) is 5.77. The van der Waals surface area contributed by atoms with Crippen LogP contribution in [-0.4, -0.2) is 15.0 Å². The average Bonchev–Trinajstić information content (AvgIpc) is 2.07. The zero-order chi connectivity index (χ0) is 8.55. The highest BCUT2D eigenvalue weighted by Crippen LogP contribution is 2.17. The highest BCUT2D eigenvalue weighted by atomic mass is 35.5. The molecule has 0 aliphatic carbocycles. The summed E-state index contributed by atoms with van der Waals surface area (Å²) >= 11 is 5.68. The molecule has 68 valence electrons. The number of nitrogens with zero attached hydrogens (tertiary/aromatic N) is 3. The first kappa shape index (κ1) is 10.1. The fraction of sp³-hybridized carbons (Fsp3) is 0. The molecule has 2 aromatic heterocycles. The zero-order valence-electron chi connectivity index (χ0n) is 6.24. The minimum absolute atomic E-state index is 0. The summed E-state index contributed by atoms with van der Waals surface area (Å²) in [5, 5.41) is 0.716. The molecule has 0 unspecified atom stereocenters. The predicted octanol–water partition coefficient (Wildman–Crippen LogP) is 2.24. The molecule has 0 spiro atoms. The number of hydrogen-bond donors (Lipinski definition) is 0. The van der Waals surface area contributed by atoms with Crippen molar-refractivity contribution in [2.24, 2.45) is 0 Å². The van der Waals surface area contributed by atoms with Gasteiger partial charge in [0.25, 0.3) is 0 Å². The van der Waals surface area contributed by atoms with E-state index in [2.05, 4.69) is 15.0 Å². The third-order valence-corrected chi connectivity index (χ3v) is 1.74. The van der Waals surface area contributed by atoms with Gasteiger partial charge in [-0.25, -0.2) is 15.0 Å². The van der Waals surface area contributed by atoms with Crippen LogP contribution in [-0.2, 0) is 0 Å². The predicted molar refractivity (Wildman–Crippen MR) is 49.5 cm³/mol. The summed E-state index contributed by atoms with van der Waals surface area (Å²) in [7, 11) is 0. The number of halogens is 3. The molecule has 2 rings (SSSR count). The lowest BCUT2D eigenvalue weighted by Crippen LogP contribution is -1.87. The van der Waals surface area contributed by atoms with E-state index in [0.717, 1.165) is 0 Å². The van der Waals surface area contributed by atoms with Gasteiger partial charge in [-0.1, -0.05) is 11.6 Å². The molecule has 3 nitrogen and oxygen atoms in total. The number of pyridine rings is 1. The van der Waals surface area contributed by atoms with Gasteiger partial charge in [-0.15, -0.1) is 12.4 Å². The Morgan fingerprint density at radius 1 is 1.23 bits per heavy atom. The Kier molecular flexibility index (Phi) is 2.95. The molecule has 0 fully saturated rings. The van der Waals surface area contributed by atoms with E-state index in [1.807, 2.05) is 0 Å². The van der Waals surface area contributed by atoms with E-state index in [0.29, 0.717) is 10.9 Å². The SMILES string of the molecule is Cl.Fc1cc2c(Cl)ncnc2cn1. The molecular weight excluding hydrogens is 216 g/mol. The van der Waals surface area contributed by atoms with Crippen molar-refractivity contribution in [1.29, 1.82) is 0 Å². The second-order valence-electron chi connectivity index (χ2n) is 2.19. The molecule has 0 bridgehead atoms. The molecule has 13 heavy (non-hydrogen) atoms. The molecule has 0 N–H and O–H groups in total. The minimum atomic E-state index is -0.584. The lowest BCUT2D eigenvalue weighted by molar-refractivity contribution is 0.586. The number of hydrogen-bond acceptors (Lipinski definition) is 3. The van der Waals surface area contributed by atoms with Crippen LogP contribution < -0.4 is 0 Å². The summed E-state index contributed by atoms with van der Waals surface area (Å²) in [4.78, 5) is 11.0.